The Morgan fingerprint density at radius 2 is 2.00 bits per heavy atom. The molecule has 3 heteroatoms. The molecule has 0 spiro atoms. The lowest BCUT2D eigenvalue weighted by atomic mass is 10.2. The lowest BCUT2D eigenvalue weighted by molar-refractivity contribution is 1.26. The maximum Gasteiger partial charge on any atom is 0.144 e. The van der Waals surface area contributed by atoms with Gasteiger partial charge in [-0.1, -0.05) is 37.2 Å². The Morgan fingerprint density at radius 3 is 2.57 bits per heavy atom. The number of nitrogens with zero attached hydrogens (tertiary/aromatic N) is 1. The average Bonchev–Trinajstić information content (AvgIpc) is 2.05. The highest BCUT2D eigenvalue weighted by Gasteiger charge is 2.08. The van der Waals surface area contributed by atoms with Crippen molar-refractivity contribution in [3.8, 4) is 11.5 Å². The van der Waals surface area contributed by atoms with Crippen LogP contribution in [0.1, 0.15) is 11.1 Å². The second kappa shape index (κ2) is 4.16. The lowest BCUT2D eigenvalue weighted by Gasteiger charge is -2.03. The Bertz CT molecular complexity index is 396. The fourth-order valence-electron chi connectivity index (χ4n) is 0.895. The van der Waals surface area contributed by atoms with Crippen LogP contribution in [0.5, 0.6) is 0 Å². The van der Waals surface area contributed by atoms with Gasteiger partial charge in [0.05, 0.1) is 5.56 Å². The number of hydrogen-bond donors (Lipinski definition) is 0. The Kier molecular flexibility index (Phi) is 3.36. The van der Waals surface area contributed by atoms with E-state index in [9.17, 15) is 0 Å². The monoisotopic (exact) mass is 223 g/mol. The molecule has 0 radical (unpaired) electrons. The van der Waals surface area contributed by atoms with Gasteiger partial charge in [0.2, 0.25) is 0 Å². The number of aryl methyl sites for hydroxylation is 1. The maximum atomic E-state index is 5.93. The summed E-state index contributed by atoms with van der Waals surface area (Å²) in [5.41, 5.74) is 5.20. The van der Waals surface area contributed by atoms with Crippen molar-refractivity contribution >= 4 is 19.7 Å². The van der Waals surface area contributed by atoms with Crippen molar-refractivity contribution in [1.29, 1.82) is 0 Å². The number of rotatable bonds is 0. The quantitative estimate of drug-likeness (QED) is 0.374. The molecule has 0 saturated carbocycles. The molecule has 0 aliphatic rings. The third-order valence-corrected chi connectivity index (χ3v) is 2.72. The van der Waals surface area contributed by atoms with Crippen molar-refractivity contribution < 1.29 is 0 Å². The van der Waals surface area contributed by atoms with E-state index in [4.69, 9.17) is 11.6 Å². The van der Waals surface area contributed by atoms with Crippen LogP contribution in [0.15, 0.2) is 12.3 Å². The predicted octanol–water partition coefficient (Wildman–Crippen LogP) is 3.27. The van der Waals surface area contributed by atoms with Gasteiger partial charge in [-0.2, -0.15) is 0 Å². The van der Waals surface area contributed by atoms with E-state index in [2.05, 4.69) is 36.1 Å². The molecule has 1 aromatic heterocycles. The van der Waals surface area contributed by atoms with E-state index >= 15 is 0 Å². The first-order valence-corrected chi connectivity index (χ1v) is 8.41. The summed E-state index contributed by atoms with van der Waals surface area (Å²) in [6, 6.07) is 1.97. The molecule has 0 atom stereocenters. The van der Waals surface area contributed by atoms with Gasteiger partial charge in [-0.05, 0) is 18.6 Å². The van der Waals surface area contributed by atoms with Gasteiger partial charge in [0.1, 0.15) is 13.2 Å². The maximum absolute atomic E-state index is 5.93. The summed E-state index contributed by atoms with van der Waals surface area (Å²) in [4.78, 5) is 4.06. The van der Waals surface area contributed by atoms with Gasteiger partial charge in [-0.15, -0.1) is 5.54 Å². The van der Waals surface area contributed by atoms with Crippen molar-refractivity contribution in [2.75, 3.05) is 0 Å². The highest BCUT2D eigenvalue weighted by molar-refractivity contribution is 6.83. The molecule has 0 aromatic carbocycles. The molecular formula is C11H14ClNSi. The van der Waals surface area contributed by atoms with Crippen molar-refractivity contribution in [3.05, 3.63) is 28.5 Å². The first-order chi connectivity index (χ1) is 6.38. The van der Waals surface area contributed by atoms with Crippen LogP contribution in [-0.2, 0) is 0 Å². The minimum atomic E-state index is -1.33. The zero-order valence-electron chi connectivity index (χ0n) is 8.98. The highest BCUT2D eigenvalue weighted by atomic mass is 35.5. The van der Waals surface area contributed by atoms with Gasteiger partial charge in [0, 0.05) is 6.20 Å². The third-order valence-electron chi connectivity index (χ3n) is 1.55. The molecule has 0 unspecified atom stereocenters. The number of halogens is 1. The van der Waals surface area contributed by atoms with Crippen LogP contribution in [0.25, 0.3) is 0 Å². The van der Waals surface area contributed by atoms with E-state index in [1.165, 1.54) is 0 Å². The third kappa shape index (κ3) is 3.53. The van der Waals surface area contributed by atoms with Crippen LogP contribution < -0.4 is 0 Å². The molecule has 0 aliphatic carbocycles. The molecule has 1 nitrogen and oxygen atoms in total. The van der Waals surface area contributed by atoms with Gasteiger partial charge in [-0.3, -0.25) is 0 Å². The zero-order chi connectivity index (χ0) is 10.8. The van der Waals surface area contributed by atoms with Crippen LogP contribution in [0.2, 0.25) is 24.8 Å². The van der Waals surface area contributed by atoms with E-state index in [0.717, 1.165) is 11.1 Å². The minimum absolute atomic E-state index is 0.501. The summed E-state index contributed by atoms with van der Waals surface area (Å²) in [5, 5.41) is 0.501. The van der Waals surface area contributed by atoms with Crippen LogP contribution in [-0.4, -0.2) is 13.1 Å². The Hall–Kier alpha value is -0.783. The minimum Gasteiger partial charge on any atom is -0.243 e. The van der Waals surface area contributed by atoms with Crippen molar-refractivity contribution in [1.82, 2.24) is 4.98 Å². The van der Waals surface area contributed by atoms with Crippen molar-refractivity contribution in [3.63, 3.8) is 0 Å². The van der Waals surface area contributed by atoms with Crippen LogP contribution >= 0.6 is 11.6 Å². The van der Waals surface area contributed by atoms with Crippen LogP contribution in [0.3, 0.4) is 0 Å². The smallest absolute Gasteiger partial charge is 0.144 e. The highest BCUT2D eigenvalue weighted by Crippen LogP contribution is 2.12. The number of pyridine rings is 1. The molecule has 1 rings (SSSR count). The fourth-order valence-corrected chi connectivity index (χ4v) is 1.56. The Labute approximate surface area is 91.5 Å². The second-order valence-electron chi connectivity index (χ2n) is 4.35. The molecule has 0 fully saturated rings. The number of aromatic nitrogens is 1. The molecule has 0 bridgehead atoms. The molecule has 1 heterocycles. The predicted molar refractivity (Wildman–Crippen MR) is 64.2 cm³/mol. The molecule has 1 aromatic rings. The molecule has 74 valence electrons. The molecule has 0 saturated heterocycles. The van der Waals surface area contributed by atoms with E-state index in [-0.39, 0.29) is 0 Å². The average molecular weight is 224 g/mol. The zero-order valence-corrected chi connectivity index (χ0v) is 10.7. The normalized spacial score (nSPS) is 10.6. The van der Waals surface area contributed by atoms with Gasteiger partial charge in [0.15, 0.2) is 0 Å². The summed E-state index contributed by atoms with van der Waals surface area (Å²) in [7, 11) is -1.33. The molecule has 0 N–H and O–H groups in total. The van der Waals surface area contributed by atoms with E-state index in [1.54, 1.807) is 6.20 Å². The van der Waals surface area contributed by atoms with Crippen molar-refractivity contribution in [2.45, 2.75) is 26.6 Å². The molecule has 0 amide bonds. The summed E-state index contributed by atoms with van der Waals surface area (Å²) in [6.45, 7) is 8.61. The lowest BCUT2D eigenvalue weighted by Crippen LogP contribution is -2.16. The fraction of sp³-hybridized carbons (Fsp3) is 0.364. The molecule has 0 aliphatic heterocycles. The number of hydrogen-bond acceptors (Lipinski definition) is 1. The van der Waals surface area contributed by atoms with E-state index in [0.29, 0.717) is 5.15 Å². The SMILES string of the molecule is Cc1cnc(Cl)c(C#C[Si](C)(C)C)c1. The standard InChI is InChI=1S/C11H14ClNSi/c1-9-7-10(11(12)13-8-9)5-6-14(2,3)4/h7-8H,1-4H3. The molecule has 14 heavy (non-hydrogen) atoms. The van der Waals surface area contributed by atoms with Crippen LogP contribution in [0, 0.1) is 18.4 Å². The first kappa shape index (κ1) is 11.3. The van der Waals surface area contributed by atoms with Gasteiger partial charge >= 0.3 is 0 Å². The van der Waals surface area contributed by atoms with E-state index in [1.807, 2.05) is 13.0 Å². The summed E-state index contributed by atoms with van der Waals surface area (Å²) in [6.07, 6.45) is 1.75. The van der Waals surface area contributed by atoms with Gasteiger partial charge in [0.25, 0.3) is 0 Å². The summed E-state index contributed by atoms with van der Waals surface area (Å²) < 4.78 is 0. The molecular weight excluding hydrogens is 210 g/mol. The topological polar surface area (TPSA) is 12.9 Å². The van der Waals surface area contributed by atoms with E-state index < -0.39 is 8.07 Å². The summed E-state index contributed by atoms with van der Waals surface area (Å²) >= 11 is 5.93. The first-order valence-electron chi connectivity index (χ1n) is 4.54. The van der Waals surface area contributed by atoms with Gasteiger partial charge in [-0.25, -0.2) is 4.98 Å². The largest absolute Gasteiger partial charge is 0.243 e. The van der Waals surface area contributed by atoms with Crippen LogP contribution in [0.4, 0.5) is 0 Å². The summed E-state index contributed by atoms with van der Waals surface area (Å²) in [5.74, 6) is 3.11. The second-order valence-corrected chi connectivity index (χ2v) is 9.46. The Morgan fingerprint density at radius 1 is 1.36 bits per heavy atom. The Balaban J connectivity index is 3.06. The van der Waals surface area contributed by atoms with Crippen molar-refractivity contribution in [2.24, 2.45) is 0 Å². The van der Waals surface area contributed by atoms with Gasteiger partial charge < -0.3 is 0 Å².